The third-order valence-electron chi connectivity index (χ3n) is 5.99. The standard InChI is InChI=1S/C27H23ClN4O3/c1-17-23(26-30-25(31-35-26)19-12-8-13-21(28)15-19)24(18-9-4-3-5-10-18)29-27(33)32(17)16-20-11-6-7-14-22(20)34-2/h3-15,24H,16H2,1-2H3,(H,29,33). The molecule has 1 N–H and O–H groups in total. The number of benzene rings is 3. The van der Waals surface area contributed by atoms with Gasteiger partial charge in [0.2, 0.25) is 5.82 Å². The second-order valence-electron chi connectivity index (χ2n) is 8.12. The minimum atomic E-state index is -0.453. The van der Waals surface area contributed by atoms with Crippen LogP contribution in [0.15, 0.2) is 89.1 Å². The molecule has 35 heavy (non-hydrogen) atoms. The number of para-hydroxylation sites is 1. The van der Waals surface area contributed by atoms with E-state index in [2.05, 4.69) is 15.5 Å². The number of amides is 2. The smallest absolute Gasteiger partial charge is 0.322 e. The Balaban J connectivity index is 1.60. The van der Waals surface area contributed by atoms with E-state index in [4.69, 9.17) is 20.9 Å². The Morgan fingerprint density at radius 1 is 1.06 bits per heavy atom. The summed E-state index contributed by atoms with van der Waals surface area (Å²) >= 11 is 6.15. The quantitative estimate of drug-likeness (QED) is 0.356. The van der Waals surface area contributed by atoms with Gasteiger partial charge >= 0.3 is 6.03 Å². The number of carbonyl (C=O) groups is 1. The van der Waals surface area contributed by atoms with Gasteiger partial charge in [-0.2, -0.15) is 4.98 Å². The lowest BCUT2D eigenvalue weighted by atomic mass is 9.94. The van der Waals surface area contributed by atoms with Crippen LogP contribution in [0.2, 0.25) is 5.02 Å². The number of halogens is 1. The molecule has 0 aliphatic carbocycles. The van der Waals surface area contributed by atoms with E-state index in [-0.39, 0.29) is 6.03 Å². The second kappa shape index (κ2) is 9.64. The molecule has 7 nitrogen and oxygen atoms in total. The van der Waals surface area contributed by atoms with Crippen LogP contribution in [-0.2, 0) is 6.54 Å². The van der Waals surface area contributed by atoms with E-state index in [0.29, 0.717) is 29.0 Å². The molecule has 0 saturated carbocycles. The van der Waals surface area contributed by atoms with Crippen molar-refractivity contribution in [2.45, 2.75) is 19.5 Å². The number of rotatable bonds is 6. The molecular weight excluding hydrogens is 464 g/mol. The number of nitrogens with zero attached hydrogens (tertiary/aromatic N) is 3. The molecule has 4 aromatic rings. The van der Waals surface area contributed by atoms with Gasteiger partial charge in [0.05, 0.1) is 25.3 Å². The number of aromatic nitrogens is 2. The van der Waals surface area contributed by atoms with Crippen LogP contribution < -0.4 is 10.1 Å². The van der Waals surface area contributed by atoms with Gasteiger partial charge in [0.1, 0.15) is 5.75 Å². The van der Waals surface area contributed by atoms with Crippen LogP contribution >= 0.6 is 11.6 Å². The molecule has 8 heteroatoms. The number of nitrogens with one attached hydrogen (secondary N) is 1. The first kappa shape index (κ1) is 22.7. The molecule has 1 aliphatic heterocycles. The van der Waals surface area contributed by atoms with Crippen LogP contribution in [0.3, 0.4) is 0 Å². The van der Waals surface area contributed by atoms with Crippen LogP contribution in [0.25, 0.3) is 17.0 Å². The van der Waals surface area contributed by atoms with Gasteiger partial charge in [-0.3, -0.25) is 4.90 Å². The highest BCUT2D eigenvalue weighted by Crippen LogP contribution is 2.38. The molecule has 0 spiro atoms. The maximum Gasteiger partial charge on any atom is 0.322 e. The number of allylic oxidation sites excluding steroid dienone is 1. The molecule has 2 heterocycles. The van der Waals surface area contributed by atoms with Gasteiger partial charge in [-0.05, 0) is 30.7 Å². The van der Waals surface area contributed by atoms with Crippen LogP contribution in [0, 0.1) is 0 Å². The molecule has 1 aromatic heterocycles. The van der Waals surface area contributed by atoms with Gasteiger partial charge in [0.15, 0.2) is 0 Å². The van der Waals surface area contributed by atoms with Crippen molar-refractivity contribution in [1.29, 1.82) is 0 Å². The van der Waals surface area contributed by atoms with Crippen molar-refractivity contribution in [3.63, 3.8) is 0 Å². The number of hydrogen-bond acceptors (Lipinski definition) is 5. The predicted octanol–water partition coefficient (Wildman–Crippen LogP) is 6.10. The molecule has 1 aliphatic rings. The molecule has 2 amide bonds. The summed E-state index contributed by atoms with van der Waals surface area (Å²) in [5.74, 6) is 1.46. The largest absolute Gasteiger partial charge is 0.496 e. The summed E-state index contributed by atoms with van der Waals surface area (Å²) in [6, 6.07) is 23.9. The Hall–Kier alpha value is -4.10. The van der Waals surface area contributed by atoms with Gasteiger partial charge in [-0.1, -0.05) is 77.4 Å². The summed E-state index contributed by atoms with van der Waals surface area (Å²) in [6.45, 7) is 2.21. The van der Waals surface area contributed by atoms with E-state index in [0.717, 1.165) is 28.0 Å². The van der Waals surface area contributed by atoms with Crippen molar-refractivity contribution >= 4 is 23.2 Å². The first-order chi connectivity index (χ1) is 17.0. The average Bonchev–Trinajstić information content (AvgIpc) is 3.37. The fourth-order valence-corrected chi connectivity index (χ4v) is 4.42. The minimum absolute atomic E-state index is 0.222. The van der Waals surface area contributed by atoms with Crippen molar-refractivity contribution in [3.8, 4) is 17.1 Å². The van der Waals surface area contributed by atoms with E-state index in [1.54, 1.807) is 24.1 Å². The molecule has 5 rings (SSSR count). The SMILES string of the molecule is COc1ccccc1CN1C(=O)NC(c2ccccc2)C(c2nc(-c3cccc(Cl)c3)no2)=C1C. The van der Waals surface area contributed by atoms with E-state index in [1.807, 2.05) is 73.7 Å². The van der Waals surface area contributed by atoms with Crippen molar-refractivity contribution < 1.29 is 14.1 Å². The summed E-state index contributed by atoms with van der Waals surface area (Å²) in [7, 11) is 1.62. The highest BCUT2D eigenvalue weighted by molar-refractivity contribution is 6.30. The van der Waals surface area contributed by atoms with Gasteiger partial charge in [-0.15, -0.1) is 0 Å². The van der Waals surface area contributed by atoms with Crippen molar-refractivity contribution in [2.75, 3.05) is 7.11 Å². The number of methoxy groups -OCH3 is 1. The zero-order valence-corrected chi connectivity index (χ0v) is 20.0. The first-order valence-electron chi connectivity index (χ1n) is 11.1. The summed E-state index contributed by atoms with van der Waals surface area (Å²) < 4.78 is 11.2. The lowest BCUT2D eigenvalue weighted by molar-refractivity contribution is 0.202. The Bertz CT molecular complexity index is 1400. The number of carbonyl (C=O) groups excluding carboxylic acids is 1. The Labute approximate surface area is 208 Å². The number of urea groups is 1. The topological polar surface area (TPSA) is 80.5 Å². The molecule has 1 atom stereocenters. The zero-order chi connectivity index (χ0) is 24.4. The van der Waals surface area contributed by atoms with Crippen LogP contribution in [0.5, 0.6) is 5.75 Å². The maximum absolute atomic E-state index is 13.3. The summed E-state index contributed by atoms with van der Waals surface area (Å²) in [4.78, 5) is 19.6. The van der Waals surface area contributed by atoms with Crippen molar-refractivity contribution in [2.24, 2.45) is 0 Å². The van der Waals surface area contributed by atoms with Gasteiger partial charge in [0.25, 0.3) is 5.89 Å². The molecular formula is C27H23ClN4O3. The molecule has 0 saturated heterocycles. The summed E-state index contributed by atoms with van der Waals surface area (Å²) in [6.07, 6.45) is 0. The zero-order valence-electron chi connectivity index (χ0n) is 19.2. The second-order valence-corrected chi connectivity index (χ2v) is 8.56. The highest BCUT2D eigenvalue weighted by Gasteiger charge is 2.36. The third-order valence-corrected chi connectivity index (χ3v) is 6.22. The monoisotopic (exact) mass is 486 g/mol. The lowest BCUT2D eigenvalue weighted by Gasteiger charge is -2.35. The molecule has 176 valence electrons. The predicted molar refractivity (Wildman–Crippen MR) is 134 cm³/mol. The lowest BCUT2D eigenvalue weighted by Crippen LogP contribution is -2.45. The average molecular weight is 487 g/mol. The van der Waals surface area contributed by atoms with Crippen LogP contribution in [-0.4, -0.2) is 28.2 Å². The minimum Gasteiger partial charge on any atom is -0.496 e. The molecule has 0 radical (unpaired) electrons. The fourth-order valence-electron chi connectivity index (χ4n) is 4.23. The van der Waals surface area contributed by atoms with Gasteiger partial charge in [-0.25, -0.2) is 4.79 Å². The summed E-state index contributed by atoms with van der Waals surface area (Å²) in [5, 5.41) is 7.89. The number of hydrogen-bond donors (Lipinski definition) is 1. The third kappa shape index (κ3) is 4.50. The van der Waals surface area contributed by atoms with Gasteiger partial charge in [0, 0.05) is 21.8 Å². The molecule has 0 bridgehead atoms. The maximum atomic E-state index is 13.3. The Morgan fingerprint density at radius 3 is 2.60 bits per heavy atom. The molecule has 0 fully saturated rings. The molecule has 3 aromatic carbocycles. The van der Waals surface area contributed by atoms with Gasteiger partial charge < -0.3 is 14.6 Å². The van der Waals surface area contributed by atoms with E-state index in [9.17, 15) is 4.79 Å². The number of ether oxygens (including phenoxy) is 1. The van der Waals surface area contributed by atoms with Crippen LogP contribution in [0.4, 0.5) is 4.79 Å². The Kier molecular flexibility index (Phi) is 6.25. The normalized spacial score (nSPS) is 15.8. The molecule has 1 unspecified atom stereocenters. The Morgan fingerprint density at radius 2 is 1.83 bits per heavy atom. The van der Waals surface area contributed by atoms with Crippen LogP contribution in [0.1, 0.15) is 30.0 Å². The van der Waals surface area contributed by atoms with E-state index < -0.39 is 6.04 Å². The summed E-state index contributed by atoms with van der Waals surface area (Å²) in [5.41, 5.74) is 3.98. The van der Waals surface area contributed by atoms with Crippen molar-refractivity contribution in [1.82, 2.24) is 20.4 Å². The van der Waals surface area contributed by atoms with E-state index >= 15 is 0 Å². The fraction of sp³-hybridized carbons (Fsp3) is 0.148. The van der Waals surface area contributed by atoms with Crippen molar-refractivity contribution in [3.05, 3.63) is 107 Å². The van der Waals surface area contributed by atoms with E-state index in [1.165, 1.54) is 0 Å². The first-order valence-corrected chi connectivity index (χ1v) is 11.5. The highest BCUT2D eigenvalue weighted by atomic mass is 35.5.